The second kappa shape index (κ2) is 4.63. The highest BCUT2D eigenvalue weighted by atomic mass is 16.5. The van der Waals surface area contributed by atoms with Gasteiger partial charge in [0, 0.05) is 26.2 Å². The quantitative estimate of drug-likeness (QED) is 0.780. The lowest BCUT2D eigenvalue weighted by molar-refractivity contribution is 0.0936. The number of ether oxygens (including phenoxy) is 1. The van der Waals surface area contributed by atoms with E-state index in [1.807, 2.05) is 0 Å². The van der Waals surface area contributed by atoms with Crippen molar-refractivity contribution in [2.45, 2.75) is 38.2 Å². The molecule has 3 heterocycles. The highest BCUT2D eigenvalue weighted by Gasteiger charge is 2.40. The summed E-state index contributed by atoms with van der Waals surface area (Å²) in [6.07, 6.45) is 7.19. The van der Waals surface area contributed by atoms with E-state index >= 15 is 0 Å². The fourth-order valence-electron chi connectivity index (χ4n) is 3.56. The van der Waals surface area contributed by atoms with Crippen LogP contribution in [0.15, 0.2) is 0 Å². The maximum atomic E-state index is 5.69. The first-order valence-electron chi connectivity index (χ1n) is 6.91. The molecular weight excluding hydrogens is 200 g/mol. The zero-order chi connectivity index (χ0) is 10.8. The molecule has 0 aromatic rings. The Labute approximate surface area is 98.5 Å². The maximum Gasteiger partial charge on any atom is 0.0588 e. The topological polar surface area (TPSA) is 24.5 Å². The van der Waals surface area contributed by atoms with Gasteiger partial charge >= 0.3 is 0 Å². The number of hydrogen-bond acceptors (Lipinski definition) is 3. The van der Waals surface area contributed by atoms with Gasteiger partial charge < -0.3 is 15.0 Å². The number of nitrogens with one attached hydrogen (secondary N) is 1. The maximum absolute atomic E-state index is 5.69. The molecule has 0 amide bonds. The first-order chi connectivity index (χ1) is 7.86. The fraction of sp³-hybridized carbons (Fsp3) is 1.00. The zero-order valence-corrected chi connectivity index (χ0v) is 10.2. The van der Waals surface area contributed by atoms with Gasteiger partial charge in [0.05, 0.1) is 6.10 Å². The van der Waals surface area contributed by atoms with Crippen molar-refractivity contribution in [1.29, 1.82) is 0 Å². The molecule has 0 bridgehead atoms. The van der Waals surface area contributed by atoms with E-state index in [0.717, 1.165) is 6.61 Å². The number of rotatable bonds is 3. The molecule has 3 saturated heterocycles. The van der Waals surface area contributed by atoms with E-state index in [4.69, 9.17) is 4.74 Å². The van der Waals surface area contributed by atoms with E-state index in [0.29, 0.717) is 11.5 Å². The Kier molecular flexibility index (Phi) is 3.18. The van der Waals surface area contributed by atoms with Gasteiger partial charge in [-0.2, -0.15) is 0 Å². The summed E-state index contributed by atoms with van der Waals surface area (Å²) in [5, 5.41) is 3.52. The van der Waals surface area contributed by atoms with Crippen LogP contribution in [0, 0.1) is 5.41 Å². The smallest absolute Gasteiger partial charge is 0.0588 e. The van der Waals surface area contributed by atoms with Crippen LogP contribution < -0.4 is 5.32 Å². The molecule has 1 spiro atoms. The minimum atomic E-state index is 0.568. The van der Waals surface area contributed by atoms with E-state index in [2.05, 4.69) is 10.2 Å². The average molecular weight is 224 g/mol. The van der Waals surface area contributed by atoms with Crippen molar-refractivity contribution in [3.8, 4) is 0 Å². The van der Waals surface area contributed by atoms with Crippen LogP contribution in [0.3, 0.4) is 0 Å². The van der Waals surface area contributed by atoms with Gasteiger partial charge in [-0.25, -0.2) is 0 Å². The van der Waals surface area contributed by atoms with Crippen molar-refractivity contribution < 1.29 is 4.74 Å². The van der Waals surface area contributed by atoms with Crippen LogP contribution in [-0.4, -0.2) is 50.3 Å². The number of nitrogens with zero attached hydrogens (tertiary/aromatic N) is 1. The average Bonchev–Trinajstić information content (AvgIpc) is 3.01. The van der Waals surface area contributed by atoms with Crippen molar-refractivity contribution in [2.24, 2.45) is 5.41 Å². The molecule has 16 heavy (non-hydrogen) atoms. The van der Waals surface area contributed by atoms with Crippen LogP contribution in [-0.2, 0) is 4.74 Å². The second-order valence-corrected chi connectivity index (χ2v) is 5.88. The molecule has 0 aromatic heterocycles. The number of hydrogen-bond donors (Lipinski definition) is 1. The summed E-state index contributed by atoms with van der Waals surface area (Å²) in [5.74, 6) is 0. The highest BCUT2D eigenvalue weighted by Crippen LogP contribution is 2.36. The minimum absolute atomic E-state index is 0.568. The minimum Gasteiger partial charge on any atom is -0.378 e. The Balaban J connectivity index is 1.43. The Morgan fingerprint density at radius 2 is 2.38 bits per heavy atom. The molecule has 92 valence electrons. The normalized spacial score (nSPS) is 40.1. The molecule has 0 aromatic carbocycles. The van der Waals surface area contributed by atoms with E-state index in [1.165, 1.54) is 64.8 Å². The van der Waals surface area contributed by atoms with Gasteiger partial charge in [0.2, 0.25) is 0 Å². The van der Waals surface area contributed by atoms with E-state index in [1.54, 1.807) is 0 Å². The van der Waals surface area contributed by atoms with Crippen molar-refractivity contribution in [3.05, 3.63) is 0 Å². The molecule has 0 radical (unpaired) electrons. The molecule has 3 aliphatic heterocycles. The van der Waals surface area contributed by atoms with E-state index in [9.17, 15) is 0 Å². The van der Waals surface area contributed by atoms with Crippen molar-refractivity contribution in [3.63, 3.8) is 0 Å². The molecule has 1 N–H and O–H groups in total. The molecule has 0 aliphatic carbocycles. The van der Waals surface area contributed by atoms with Gasteiger partial charge in [-0.15, -0.1) is 0 Å². The Morgan fingerprint density at radius 3 is 3.12 bits per heavy atom. The van der Waals surface area contributed by atoms with Gasteiger partial charge in [0.15, 0.2) is 0 Å². The Bertz CT molecular complexity index is 232. The first kappa shape index (κ1) is 11.0. The SMILES string of the molecule is C1COC(CCN2CCC3(CCNC3)C2)C1. The lowest BCUT2D eigenvalue weighted by Gasteiger charge is -2.23. The molecule has 2 atom stereocenters. The molecule has 3 rings (SSSR count). The largest absolute Gasteiger partial charge is 0.378 e. The predicted molar refractivity (Wildman–Crippen MR) is 64.6 cm³/mol. The van der Waals surface area contributed by atoms with Crippen molar-refractivity contribution in [2.75, 3.05) is 39.3 Å². The molecule has 3 aliphatic rings. The molecule has 3 fully saturated rings. The van der Waals surface area contributed by atoms with Crippen LogP contribution in [0.1, 0.15) is 32.1 Å². The van der Waals surface area contributed by atoms with Gasteiger partial charge in [-0.05, 0) is 50.6 Å². The summed E-state index contributed by atoms with van der Waals surface area (Å²) >= 11 is 0. The monoisotopic (exact) mass is 224 g/mol. The summed E-state index contributed by atoms with van der Waals surface area (Å²) < 4.78 is 5.69. The van der Waals surface area contributed by atoms with Crippen molar-refractivity contribution >= 4 is 0 Å². The van der Waals surface area contributed by atoms with Gasteiger partial charge in [-0.3, -0.25) is 0 Å². The summed E-state index contributed by atoms with van der Waals surface area (Å²) in [7, 11) is 0. The molecular formula is C13H24N2O. The summed E-state index contributed by atoms with van der Waals surface area (Å²) in [6.45, 7) is 7.38. The second-order valence-electron chi connectivity index (χ2n) is 5.88. The van der Waals surface area contributed by atoms with Crippen LogP contribution in [0.4, 0.5) is 0 Å². The third-order valence-corrected chi connectivity index (χ3v) is 4.64. The van der Waals surface area contributed by atoms with Gasteiger partial charge in [0.1, 0.15) is 0 Å². The third kappa shape index (κ3) is 2.27. The van der Waals surface area contributed by atoms with Crippen molar-refractivity contribution in [1.82, 2.24) is 10.2 Å². The van der Waals surface area contributed by atoms with Crippen LogP contribution in [0.25, 0.3) is 0 Å². The molecule has 3 heteroatoms. The lowest BCUT2D eigenvalue weighted by atomic mass is 9.87. The zero-order valence-electron chi connectivity index (χ0n) is 10.2. The molecule has 0 saturated carbocycles. The Hall–Kier alpha value is -0.120. The predicted octanol–water partition coefficient (Wildman–Crippen LogP) is 1.24. The summed E-state index contributed by atoms with van der Waals surface area (Å²) in [6, 6.07) is 0. The molecule has 2 unspecified atom stereocenters. The molecule has 3 nitrogen and oxygen atoms in total. The standard InChI is InChI=1S/C13H24N2O/c1-2-12(16-9-1)3-7-15-8-5-13(11-15)4-6-14-10-13/h12,14H,1-11H2. The van der Waals surface area contributed by atoms with E-state index < -0.39 is 0 Å². The third-order valence-electron chi connectivity index (χ3n) is 4.64. The summed E-state index contributed by atoms with van der Waals surface area (Å²) in [4.78, 5) is 2.66. The van der Waals surface area contributed by atoms with Crippen LogP contribution in [0.5, 0.6) is 0 Å². The fourth-order valence-corrected chi connectivity index (χ4v) is 3.56. The van der Waals surface area contributed by atoms with E-state index in [-0.39, 0.29) is 0 Å². The Morgan fingerprint density at radius 1 is 1.38 bits per heavy atom. The highest BCUT2D eigenvalue weighted by molar-refractivity contribution is 4.95. The van der Waals surface area contributed by atoms with Crippen LogP contribution in [0.2, 0.25) is 0 Å². The van der Waals surface area contributed by atoms with Gasteiger partial charge in [-0.1, -0.05) is 0 Å². The van der Waals surface area contributed by atoms with Gasteiger partial charge in [0.25, 0.3) is 0 Å². The lowest BCUT2D eigenvalue weighted by Crippen LogP contribution is -2.30. The number of likely N-dealkylation sites (tertiary alicyclic amines) is 1. The summed E-state index contributed by atoms with van der Waals surface area (Å²) in [5.41, 5.74) is 0.635. The first-order valence-corrected chi connectivity index (χ1v) is 6.91. The van der Waals surface area contributed by atoms with Crippen LogP contribution >= 0.6 is 0 Å².